The molecule has 1 N–H and O–H groups in total. The van der Waals surface area contributed by atoms with E-state index in [-0.39, 0.29) is 23.4 Å². The molecule has 0 aliphatic carbocycles. The zero-order valence-electron chi connectivity index (χ0n) is 16.7. The first kappa shape index (κ1) is 21.6. The molecule has 142 valence electrons. The maximum atomic E-state index is 11.7. The molecule has 0 bridgehead atoms. The molecular formula is C21H31N3O2. The van der Waals surface area contributed by atoms with E-state index in [2.05, 4.69) is 31.2 Å². The van der Waals surface area contributed by atoms with Crippen LogP contribution in [0.3, 0.4) is 0 Å². The number of Topliss-reactive ketones (excluding diaryl/α,β-unsaturated/α-hetero) is 1. The molecule has 1 amide bonds. The van der Waals surface area contributed by atoms with Crippen LogP contribution in [0.4, 0.5) is 0 Å². The highest BCUT2D eigenvalue weighted by molar-refractivity contribution is 5.97. The Morgan fingerprint density at radius 3 is 2.12 bits per heavy atom. The summed E-state index contributed by atoms with van der Waals surface area (Å²) in [6, 6.07) is 11.1. The van der Waals surface area contributed by atoms with Crippen molar-refractivity contribution < 1.29 is 9.59 Å². The van der Waals surface area contributed by atoms with Gasteiger partial charge in [-0.1, -0.05) is 63.9 Å². The maximum absolute atomic E-state index is 11.7. The minimum absolute atomic E-state index is 0.115. The highest BCUT2D eigenvalue weighted by Gasteiger charge is 2.20. The van der Waals surface area contributed by atoms with E-state index in [0.29, 0.717) is 5.69 Å². The van der Waals surface area contributed by atoms with Gasteiger partial charge in [0.2, 0.25) is 0 Å². The number of rotatable bonds is 6. The van der Waals surface area contributed by atoms with Gasteiger partial charge >= 0.3 is 0 Å². The largest absolute Gasteiger partial charge is 0.354 e. The smallest absolute Gasteiger partial charge is 0.271 e. The summed E-state index contributed by atoms with van der Waals surface area (Å²) in [4.78, 5) is 23.4. The molecule has 1 unspecified atom stereocenters. The van der Waals surface area contributed by atoms with Gasteiger partial charge in [-0.05, 0) is 18.4 Å². The van der Waals surface area contributed by atoms with Crippen molar-refractivity contribution >= 4 is 11.7 Å². The number of carbonyl (C=O) groups is 2. The van der Waals surface area contributed by atoms with Crippen molar-refractivity contribution in [3.05, 3.63) is 53.3 Å². The fourth-order valence-corrected chi connectivity index (χ4v) is 2.35. The van der Waals surface area contributed by atoms with E-state index in [0.717, 1.165) is 11.5 Å². The fraction of sp³-hybridized carbons (Fsp3) is 0.476. The van der Waals surface area contributed by atoms with Gasteiger partial charge < -0.3 is 5.32 Å². The fourth-order valence-electron chi connectivity index (χ4n) is 2.35. The Labute approximate surface area is 156 Å². The highest BCUT2D eigenvalue weighted by Crippen LogP contribution is 2.20. The molecule has 0 spiro atoms. The van der Waals surface area contributed by atoms with Gasteiger partial charge in [-0.15, -0.1) is 0 Å². The van der Waals surface area contributed by atoms with E-state index in [1.165, 1.54) is 32.9 Å². The molecule has 1 aromatic heterocycles. The number of ketones is 1. The van der Waals surface area contributed by atoms with Gasteiger partial charge in [-0.3, -0.25) is 14.3 Å². The van der Waals surface area contributed by atoms with Gasteiger partial charge in [0.05, 0.1) is 6.04 Å². The van der Waals surface area contributed by atoms with E-state index in [4.69, 9.17) is 0 Å². The van der Waals surface area contributed by atoms with E-state index in [9.17, 15) is 9.59 Å². The third-order valence-electron chi connectivity index (χ3n) is 4.60. The maximum Gasteiger partial charge on any atom is 0.271 e. The van der Waals surface area contributed by atoms with Crippen LogP contribution in [0.15, 0.2) is 36.4 Å². The molecule has 2 aromatic rings. The van der Waals surface area contributed by atoms with Gasteiger partial charge in [0, 0.05) is 20.0 Å². The van der Waals surface area contributed by atoms with Crippen molar-refractivity contribution in [3.63, 3.8) is 0 Å². The van der Waals surface area contributed by atoms with E-state index >= 15 is 0 Å². The molecular weight excluding hydrogens is 326 g/mol. The summed E-state index contributed by atoms with van der Waals surface area (Å²) in [5.74, 6) is 0.520. The van der Waals surface area contributed by atoms with E-state index in [1.54, 1.807) is 4.68 Å². The molecule has 1 aromatic carbocycles. The molecule has 0 fully saturated rings. The van der Waals surface area contributed by atoms with Crippen LogP contribution in [-0.2, 0) is 0 Å². The molecule has 0 radical (unpaired) electrons. The molecule has 0 saturated carbocycles. The standard InChI is InChI=1S/C15H17N3O2.C6H14/c1-10(12-7-5-4-6-8-12)18-14(11(2)19)9-13(17-18)15(20)16-3;1-4-6(3)5-2/h4-10H,1-3H3,(H,16,20);6H,4-5H2,1-3H3. The summed E-state index contributed by atoms with van der Waals surface area (Å²) in [5.41, 5.74) is 1.71. The lowest BCUT2D eigenvalue weighted by atomic mass is 10.1. The van der Waals surface area contributed by atoms with Crippen molar-refractivity contribution in [1.29, 1.82) is 0 Å². The first-order valence-electron chi connectivity index (χ1n) is 9.23. The lowest BCUT2D eigenvalue weighted by Crippen LogP contribution is -2.19. The summed E-state index contributed by atoms with van der Waals surface area (Å²) in [7, 11) is 1.54. The topological polar surface area (TPSA) is 64.0 Å². The van der Waals surface area contributed by atoms with Crippen LogP contribution < -0.4 is 5.32 Å². The predicted octanol–water partition coefficient (Wildman–Crippen LogP) is 4.50. The van der Waals surface area contributed by atoms with Crippen molar-refractivity contribution in [1.82, 2.24) is 15.1 Å². The first-order chi connectivity index (χ1) is 12.3. The second-order valence-corrected chi connectivity index (χ2v) is 6.50. The Balaban J connectivity index is 0.000000487. The van der Waals surface area contributed by atoms with Crippen molar-refractivity contribution in [2.45, 2.75) is 53.5 Å². The van der Waals surface area contributed by atoms with Crippen LogP contribution >= 0.6 is 0 Å². The van der Waals surface area contributed by atoms with Crippen LogP contribution in [0.25, 0.3) is 0 Å². The number of nitrogens with one attached hydrogen (secondary N) is 1. The second kappa shape index (κ2) is 10.5. The Morgan fingerprint density at radius 1 is 1.12 bits per heavy atom. The molecule has 1 atom stereocenters. The molecule has 5 heteroatoms. The predicted molar refractivity (Wildman–Crippen MR) is 106 cm³/mol. The van der Waals surface area contributed by atoms with Gasteiger partial charge in [-0.2, -0.15) is 5.10 Å². The Hall–Kier alpha value is -2.43. The Bertz CT molecular complexity index is 703. The molecule has 2 rings (SSSR count). The number of hydrogen-bond donors (Lipinski definition) is 1. The SMILES string of the molecule is CCC(C)CC.CNC(=O)c1cc(C(C)=O)n(C(C)c2ccccc2)n1. The zero-order valence-corrected chi connectivity index (χ0v) is 16.7. The average Bonchev–Trinajstić information content (AvgIpc) is 3.13. The lowest BCUT2D eigenvalue weighted by Gasteiger charge is -2.14. The summed E-state index contributed by atoms with van der Waals surface area (Å²) >= 11 is 0. The van der Waals surface area contributed by atoms with Gasteiger partial charge in [0.25, 0.3) is 5.91 Å². The molecule has 0 aliphatic heterocycles. The molecule has 5 nitrogen and oxygen atoms in total. The molecule has 0 saturated heterocycles. The number of hydrogen-bond acceptors (Lipinski definition) is 3. The van der Waals surface area contributed by atoms with Crippen LogP contribution in [-0.4, -0.2) is 28.5 Å². The second-order valence-electron chi connectivity index (χ2n) is 6.50. The number of amides is 1. The first-order valence-corrected chi connectivity index (χ1v) is 9.23. The van der Waals surface area contributed by atoms with Crippen LogP contribution in [0, 0.1) is 5.92 Å². The summed E-state index contributed by atoms with van der Waals surface area (Å²) < 4.78 is 1.60. The van der Waals surface area contributed by atoms with Crippen molar-refractivity contribution in [2.24, 2.45) is 5.92 Å². The molecule has 26 heavy (non-hydrogen) atoms. The number of nitrogens with zero attached hydrogens (tertiary/aromatic N) is 2. The third kappa shape index (κ3) is 5.83. The number of aromatic nitrogens is 2. The summed E-state index contributed by atoms with van der Waals surface area (Å²) in [5, 5.41) is 6.78. The normalized spacial score (nSPS) is 11.5. The van der Waals surface area contributed by atoms with E-state index < -0.39 is 0 Å². The highest BCUT2D eigenvalue weighted by atomic mass is 16.2. The third-order valence-corrected chi connectivity index (χ3v) is 4.60. The van der Waals surface area contributed by atoms with Gasteiger partial charge in [-0.25, -0.2) is 0 Å². The van der Waals surface area contributed by atoms with Crippen molar-refractivity contribution in [3.8, 4) is 0 Å². The summed E-state index contributed by atoms with van der Waals surface area (Å²) in [6.07, 6.45) is 2.66. The minimum Gasteiger partial charge on any atom is -0.354 e. The summed E-state index contributed by atoms with van der Waals surface area (Å²) in [6.45, 7) is 10.2. The van der Waals surface area contributed by atoms with Crippen LogP contribution in [0.5, 0.6) is 0 Å². The molecule has 0 aliphatic rings. The number of carbonyl (C=O) groups excluding carboxylic acids is 2. The Morgan fingerprint density at radius 2 is 1.69 bits per heavy atom. The average molecular weight is 357 g/mol. The quantitative estimate of drug-likeness (QED) is 0.774. The van der Waals surface area contributed by atoms with Crippen molar-refractivity contribution in [2.75, 3.05) is 7.05 Å². The van der Waals surface area contributed by atoms with Crippen LogP contribution in [0.1, 0.15) is 80.0 Å². The number of benzene rings is 1. The molecule has 1 heterocycles. The van der Waals surface area contributed by atoms with Gasteiger partial charge in [0.15, 0.2) is 11.5 Å². The lowest BCUT2D eigenvalue weighted by molar-refractivity contribution is 0.0955. The minimum atomic E-state index is -0.300. The Kier molecular flexibility index (Phi) is 8.76. The van der Waals surface area contributed by atoms with E-state index in [1.807, 2.05) is 37.3 Å². The van der Waals surface area contributed by atoms with Gasteiger partial charge in [0.1, 0.15) is 5.69 Å². The monoisotopic (exact) mass is 357 g/mol. The zero-order chi connectivity index (χ0) is 19.7. The van der Waals surface area contributed by atoms with Crippen LogP contribution in [0.2, 0.25) is 0 Å².